The third kappa shape index (κ3) is 3.44. The van der Waals surface area contributed by atoms with Gasteiger partial charge in [0.05, 0.1) is 30.4 Å². The molecule has 0 aliphatic carbocycles. The molecule has 0 radical (unpaired) electrons. The van der Waals surface area contributed by atoms with Gasteiger partial charge in [-0.15, -0.1) is 0 Å². The summed E-state index contributed by atoms with van der Waals surface area (Å²) >= 11 is 0. The molecule has 0 spiro atoms. The maximum Gasteiger partial charge on any atom is 0.349 e. The van der Waals surface area contributed by atoms with Gasteiger partial charge in [-0.05, 0) is 31.6 Å². The van der Waals surface area contributed by atoms with Gasteiger partial charge in [0.2, 0.25) is 0 Å². The molecule has 3 aromatic rings. The van der Waals surface area contributed by atoms with Crippen LogP contribution >= 0.6 is 0 Å². The van der Waals surface area contributed by atoms with E-state index in [0.717, 1.165) is 22.3 Å². The quantitative estimate of drug-likeness (QED) is 0.542. The van der Waals surface area contributed by atoms with Crippen LogP contribution in [0.1, 0.15) is 25.0 Å². The highest BCUT2D eigenvalue weighted by Crippen LogP contribution is 2.43. The Morgan fingerprint density at radius 3 is 2.52 bits per heavy atom. The van der Waals surface area contributed by atoms with Crippen LogP contribution in [0, 0.1) is 0 Å². The summed E-state index contributed by atoms with van der Waals surface area (Å²) in [6.45, 7) is 5.17. The molecule has 0 bridgehead atoms. The summed E-state index contributed by atoms with van der Waals surface area (Å²) in [6, 6.07) is 13.8. The molecule has 0 amide bonds. The molecule has 1 aliphatic heterocycles. The lowest BCUT2D eigenvalue weighted by Crippen LogP contribution is -2.41. The van der Waals surface area contributed by atoms with E-state index in [0.29, 0.717) is 31.2 Å². The molecule has 5 heteroatoms. The van der Waals surface area contributed by atoms with Crippen molar-refractivity contribution in [1.29, 1.82) is 0 Å². The van der Waals surface area contributed by atoms with Gasteiger partial charge in [-0.1, -0.05) is 30.3 Å². The van der Waals surface area contributed by atoms with Crippen LogP contribution in [-0.2, 0) is 16.1 Å². The van der Waals surface area contributed by atoms with Crippen LogP contribution in [0.15, 0.2) is 59.2 Å². The van der Waals surface area contributed by atoms with Crippen LogP contribution in [0.3, 0.4) is 0 Å². The standard InChI is InChI=1S/C22H22O5/c1-3-25-22(26-4-2)12-10-17-20(27-22)14-19-18(11-13-23-19)21(17)24-15-16-8-6-5-7-9-16/h5-14H,3-4,15H2,1-2H3. The van der Waals surface area contributed by atoms with Gasteiger partial charge in [0.1, 0.15) is 23.7 Å². The van der Waals surface area contributed by atoms with E-state index in [4.69, 9.17) is 23.4 Å². The second-order valence-electron chi connectivity index (χ2n) is 6.13. The number of hydrogen-bond donors (Lipinski definition) is 0. The first-order valence-corrected chi connectivity index (χ1v) is 9.11. The van der Waals surface area contributed by atoms with Crippen molar-refractivity contribution in [2.45, 2.75) is 26.4 Å². The summed E-state index contributed by atoms with van der Waals surface area (Å²) in [4.78, 5) is 0. The molecule has 2 aromatic carbocycles. The Hall–Kier alpha value is -2.76. The highest BCUT2D eigenvalue weighted by atomic mass is 16.9. The Bertz CT molecular complexity index is 936. The summed E-state index contributed by atoms with van der Waals surface area (Å²) in [5.74, 6) is 0.0934. The molecule has 4 rings (SSSR count). The summed E-state index contributed by atoms with van der Waals surface area (Å²) in [5, 5.41) is 0.901. The third-order valence-electron chi connectivity index (χ3n) is 4.34. The van der Waals surface area contributed by atoms with Gasteiger partial charge in [0.15, 0.2) is 0 Å². The van der Waals surface area contributed by atoms with E-state index in [1.165, 1.54) is 0 Å². The molecule has 0 fully saturated rings. The first kappa shape index (κ1) is 17.6. The van der Waals surface area contributed by atoms with Gasteiger partial charge in [-0.3, -0.25) is 0 Å². The van der Waals surface area contributed by atoms with Crippen molar-refractivity contribution < 1.29 is 23.4 Å². The van der Waals surface area contributed by atoms with Crippen LogP contribution in [0.5, 0.6) is 11.5 Å². The maximum absolute atomic E-state index is 6.18. The largest absolute Gasteiger partial charge is 0.487 e. The molecular formula is C22H22O5. The van der Waals surface area contributed by atoms with Crippen LogP contribution in [-0.4, -0.2) is 19.2 Å². The van der Waals surface area contributed by atoms with Gasteiger partial charge in [-0.2, -0.15) is 0 Å². The minimum atomic E-state index is -1.23. The normalized spacial score (nSPS) is 14.7. The minimum Gasteiger partial charge on any atom is -0.487 e. The van der Waals surface area contributed by atoms with Crippen molar-refractivity contribution in [3.63, 3.8) is 0 Å². The molecule has 0 saturated carbocycles. The van der Waals surface area contributed by atoms with Crippen LogP contribution in [0.25, 0.3) is 17.0 Å². The van der Waals surface area contributed by atoms with Crippen molar-refractivity contribution in [3.05, 3.63) is 65.9 Å². The van der Waals surface area contributed by atoms with Crippen molar-refractivity contribution in [3.8, 4) is 11.5 Å². The summed E-state index contributed by atoms with van der Waals surface area (Å²) in [5.41, 5.74) is 2.62. The molecule has 2 heterocycles. The Balaban J connectivity index is 1.72. The van der Waals surface area contributed by atoms with Gasteiger partial charge in [0.25, 0.3) is 0 Å². The Morgan fingerprint density at radius 2 is 1.78 bits per heavy atom. The fourth-order valence-corrected chi connectivity index (χ4v) is 3.17. The van der Waals surface area contributed by atoms with Crippen molar-refractivity contribution in [1.82, 2.24) is 0 Å². The van der Waals surface area contributed by atoms with E-state index < -0.39 is 5.97 Å². The Labute approximate surface area is 158 Å². The second-order valence-corrected chi connectivity index (χ2v) is 6.13. The maximum atomic E-state index is 6.18. The predicted molar refractivity (Wildman–Crippen MR) is 103 cm³/mol. The average Bonchev–Trinajstić information content (AvgIpc) is 3.14. The van der Waals surface area contributed by atoms with E-state index in [-0.39, 0.29) is 0 Å². The molecule has 1 aromatic heterocycles. The fraction of sp³-hybridized carbons (Fsp3) is 0.273. The molecule has 0 N–H and O–H groups in total. The highest BCUT2D eigenvalue weighted by molar-refractivity contribution is 5.91. The van der Waals surface area contributed by atoms with E-state index in [2.05, 4.69) is 0 Å². The first-order valence-electron chi connectivity index (χ1n) is 9.11. The number of furan rings is 1. The number of benzene rings is 2. The lowest BCUT2D eigenvalue weighted by atomic mass is 10.1. The van der Waals surface area contributed by atoms with Crippen molar-refractivity contribution >= 4 is 17.0 Å². The highest BCUT2D eigenvalue weighted by Gasteiger charge is 2.36. The SMILES string of the molecule is CCOC1(OCC)C=Cc2c(cc3occc3c2OCc2ccccc2)O1. The predicted octanol–water partition coefficient (Wildman–Crippen LogP) is 5.14. The number of ether oxygens (including phenoxy) is 4. The van der Waals surface area contributed by atoms with E-state index >= 15 is 0 Å². The molecule has 140 valence electrons. The number of rotatable bonds is 7. The molecular weight excluding hydrogens is 344 g/mol. The summed E-state index contributed by atoms with van der Waals surface area (Å²) in [7, 11) is 0. The first-order chi connectivity index (χ1) is 13.2. The molecule has 0 unspecified atom stereocenters. The smallest absolute Gasteiger partial charge is 0.349 e. The zero-order valence-corrected chi connectivity index (χ0v) is 15.4. The minimum absolute atomic E-state index is 0.452. The molecule has 5 nitrogen and oxygen atoms in total. The van der Waals surface area contributed by atoms with Crippen molar-refractivity contribution in [2.24, 2.45) is 0 Å². The van der Waals surface area contributed by atoms with Gasteiger partial charge in [-0.25, -0.2) is 0 Å². The zero-order chi connectivity index (χ0) is 18.7. The number of fused-ring (bicyclic) bond motifs is 2. The van der Waals surface area contributed by atoms with Gasteiger partial charge >= 0.3 is 5.97 Å². The number of hydrogen-bond acceptors (Lipinski definition) is 5. The Morgan fingerprint density at radius 1 is 1.00 bits per heavy atom. The Kier molecular flexibility index (Phi) is 4.88. The fourth-order valence-electron chi connectivity index (χ4n) is 3.17. The summed E-state index contributed by atoms with van der Waals surface area (Å²) in [6.07, 6.45) is 5.36. The van der Waals surface area contributed by atoms with Gasteiger partial charge < -0.3 is 23.4 Å². The van der Waals surface area contributed by atoms with Gasteiger partial charge in [0, 0.05) is 12.1 Å². The molecule has 0 atom stereocenters. The van der Waals surface area contributed by atoms with E-state index in [9.17, 15) is 0 Å². The molecule has 1 aliphatic rings. The zero-order valence-electron chi connectivity index (χ0n) is 15.4. The van der Waals surface area contributed by atoms with Crippen LogP contribution in [0.2, 0.25) is 0 Å². The summed E-state index contributed by atoms with van der Waals surface area (Å²) < 4.78 is 29.3. The second kappa shape index (κ2) is 7.47. The van der Waals surface area contributed by atoms with Crippen LogP contribution < -0.4 is 9.47 Å². The lowest BCUT2D eigenvalue weighted by Gasteiger charge is -2.33. The van der Waals surface area contributed by atoms with E-state index in [1.54, 1.807) is 12.3 Å². The molecule has 27 heavy (non-hydrogen) atoms. The van der Waals surface area contributed by atoms with Crippen molar-refractivity contribution in [2.75, 3.05) is 13.2 Å². The van der Waals surface area contributed by atoms with Crippen LogP contribution in [0.4, 0.5) is 0 Å². The third-order valence-corrected chi connectivity index (χ3v) is 4.34. The average molecular weight is 366 g/mol. The molecule has 0 saturated heterocycles. The monoisotopic (exact) mass is 366 g/mol. The van der Waals surface area contributed by atoms with E-state index in [1.807, 2.05) is 62.4 Å². The topological polar surface area (TPSA) is 50.1 Å². The lowest BCUT2D eigenvalue weighted by molar-refractivity contribution is -0.308.